The van der Waals surface area contributed by atoms with Gasteiger partial charge in [-0.2, -0.15) is 14.9 Å². The van der Waals surface area contributed by atoms with Gasteiger partial charge in [0.15, 0.2) is 0 Å². The number of fused-ring (bicyclic) bond motifs is 1. The quantitative estimate of drug-likeness (QED) is 0.378. The molecule has 0 saturated heterocycles. The molecule has 2 aromatic carbocycles. The lowest BCUT2D eigenvalue weighted by Crippen LogP contribution is -2.27. The van der Waals surface area contributed by atoms with Gasteiger partial charge in [0.1, 0.15) is 23.7 Å². The van der Waals surface area contributed by atoms with E-state index in [2.05, 4.69) is 10.2 Å². The molecule has 2 aromatic heterocycles. The van der Waals surface area contributed by atoms with Gasteiger partial charge in [-0.3, -0.25) is 9.48 Å². The van der Waals surface area contributed by atoms with Crippen molar-refractivity contribution in [3.63, 3.8) is 0 Å². The summed E-state index contributed by atoms with van der Waals surface area (Å²) in [6.45, 7) is 6.53. The number of carbonyl (C=O) groups is 2. The van der Waals surface area contributed by atoms with Gasteiger partial charge in [0.25, 0.3) is 5.91 Å². The van der Waals surface area contributed by atoms with Crippen LogP contribution in [0.15, 0.2) is 67.1 Å². The van der Waals surface area contributed by atoms with Gasteiger partial charge in [-0.25, -0.2) is 4.79 Å². The lowest BCUT2D eigenvalue weighted by Gasteiger charge is -2.18. The smallest absolute Gasteiger partial charge is 0.435 e. The minimum atomic E-state index is -0.613. The summed E-state index contributed by atoms with van der Waals surface area (Å²) in [5.41, 5.74) is 4.62. The van der Waals surface area contributed by atoms with Gasteiger partial charge in [0.05, 0.1) is 11.8 Å². The molecule has 37 heavy (non-hydrogen) atoms. The van der Waals surface area contributed by atoms with Crippen molar-refractivity contribution >= 4 is 12.0 Å². The summed E-state index contributed by atoms with van der Waals surface area (Å²) in [6, 6.07) is 15.5. The van der Waals surface area contributed by atoms with Gasteiger partial charge in [-0.05, 0) is 49.6 Å². The summed E-state index contributed by atoms with van der Waals surface area (Å²) < 4.78 is 14.2. The predicted molar refractivity (Wildman–Crippen MR) is 137 cm³/mol. The van der Waals surface area contributed by atoms with Gasteiger partial charge in [-0.15, -0.1) is 0 Å². The van der Waals surface area contributed by atoms with E-state index < -0.39 is 11.7 Å². The van der Waals surface area contributed by atoms with Crippen LogP contribution >= 0.6 is 0 Å². The first kappa shape index (κ1) is 24.3. The van der Waals surface area contributed by atoms with Crippen LogP contribution in [0.3, 0.4) is 0 Å². The van der Waals surface area contributed by atoms with Crippen LogP contribution in [-0.4, -0.2) is 42.1 Å². The Bertz CT molecular complexity index is 1450. The van der Waals surface area contributed by atoms with Crippen LogP contribution in [0.1, 0.15) is 48.0 Å². The first-order valence-corrected chi connectivity index (χ1v) is 12.1. The van der Waals surface area contributed by atoms with Gasteiger partial charge in [0.2, 0.25) is 0 Å². The third-order valence-corrected chi connectivity index (χ3v) is 5.94. The molecule has 0 atom stereocenters. The lowest BCUT2D eigenvalue weighted by molar-refractivity contribution is 0.0513. The number of aromatic nitrogens is 4. The summed E-state index contributed by atoms with van der Waals surface area (Å²) in [6.07, 6.45) is 4.78. The normalized spacial score (nSPS) is 13.1. The van der Waals surface area contributed by atoms with Crippen molar-refractivity contribution in [2.45, 2.75) is 46.1 Å². The number of rotatable bonds is 6. The molecule has 9 heteroatoms. The summed E-state index contributed by atoms with van der Waals surface area (Å²) in [5, 5.41) is 8.46. The standard InChI is InChI=1S/C28H29N5O4/c1-28(2,3)37-27(35)33-13-12-23(30-33)18-36-24-7-5-6-21-17-32(26(34)25(21)24)15-19-8-10-20(11-9-19)22-14-29-31(4)16-22/h5-14,16H,15,17-18H2,1-4H3. The highest BCUT2D eigenvalue weighted by Crippen LogP contribution is 2.32. The van der Waals surface area contributed by atoms with Crippen LogP contribution in [0.2, 0.25) is 0 Å². The molecular formula is C28H29N5O4. The molecule has 0 spiro atoms. The topological polar surface area (TPSA) is 91.5 Å². The minimum Gasteiger partial charge on any atom is -0.486 e. The van der Waals surface area contributed by atoms with Gasteiger partial charge in [0, 0.05) is 38.1 Å². The average molecular weight is 500 g/mol. The highest BCUT2D eigenvalue weighted by molar-refractivity contribution is 6.01. The molecular weight excluding hydrogens is 470 g/mol. The number of aryl methyl sites for hydroxylation is 1. The fraction of sp³-hybridized carbons (Fsp3) is 0.286. The zero-order valence-corrected chi connectivity index (χ0v) is 21.3. The molecule has 0 fully saturated rings. The number of amides is 1. The van der Waals surface area contributed by atoms with E-state index in [-0.39, 0.29) is 12.5 Å². The maximum Gasteiger partial charge on any atom is 0.435 e. The van der Waals surface area contributed by atoms with E-state index in [0.717, 1.165) is 26.9 Å². The van der Waals surface area contributed by atoms with Crippen molar-refractivity contribution in [1.29, 1.82) is 0 Å². The Kier molecular flexibility index (Phi) is 6.29. The van der Waals surface area contributed by atoms with Gasteiger partial charge in [-0.1, -0.05) is 36.4 Å². The van der Waals surface area contributed by atoms with Crippen LogP contribution < -0.4 is 4.74 Å². The molecule has 3 heterocycles. The number of hydrogen-bond acceptors (Lipinski definition) is 6. The third kappa shape index (κ3) is 5.40. The minimum absolute atomic E-state index is 0.0683. The Morgan fingerprint density at radius 3 is 2.54 bits per heavy atom. The summed E-state index contributed by atoms with van der Waals surface area (Å²) in [5.74, 6) is 0.435. The second-order valence-corrected chi connectivity index (χ2v) is 10.1. The largest absolute Gasteiger partial charge is 0.486 e. The van der Waals surface area contributed by atoms with Crippen molar-refractivity contribution in [2.24, 2.45) is 7.05 Å². The number of carbonyl (C=O) groups excluding carboxylic acids is 2. The molecule has 1 aliphatic rings. The van der Waals surface area contributed by atoms with Crippen molar-refractivity contribution < 1.29 is 19.1 Å². The molecule has 9 nitrogen and oxygen atoms in total. The van der Waals surface area contributed by atoms with E-state index in [4.69, 9.17) is 9.47 Å². The molecule has 5 rings (SSSR count). The van der Waals surface area contributed by atoms with Crippen LogP contribution in [0.25, 0.3) is 11.1 Å². The fourth-order valence-corrected chi connectivity index (χ4v) is 4.23. The first-order valence-electron chi connectivity index (χ1n) is 12.1. The predicted octanol–water partition coefficient (Wildman–Crippen LogP) is 4.80. The second-order valence-electron chi connectivity index (χ2n) is 10.1. The summed E-state index contributed by atoms with van der Waals surface area (Å²) in [7, 11) is 1.89. The van der Waals surface area contributed by atoms with Crippen molar-refractivity contribution in [3.8, 4) is 16.9 Å². The van der Waals surface area contributed by atoms with Crippen LogP contribution in [0.5, 0.6) is 5.75 Å². The van der Waals surface area contributed by atoms with Gasteiger partial charge < -0.3 is 14.4 Å². The highest BCUT2D eigenvalue weighted by Gasteiger charge is 2.31. The molecule has 4 aromatic rings. The van der Waals surface area contributed by atoms with Crippen LogP contribution in [0.4, 0.5) is 4.79 Å². The molecule has 1 amide bonds. The molecule has 0 bridgehead atoms. The summed E-state index contributed by atoms with van der Waals surface area (Å²) >= 11 is 0. The van der Waals surface area contributed by atoms with Gasteiger partial charge >= 0.3 is 6.09 Å². The molecule has 0 radical (unpaired) electrons. The van der Waals surface area contributed by atoms with E-state index >= 15 is 0 Å². The fourth-order valence-electron chi connectivity index (χ4n) is 4.23. The number of benzene rings is 2. The maximum absolute atomic E-state index is 13.3. The molecule has 0 aliphatic carbocycles. The Labute approximate surface area is 215 Å². The molecule has 0 saturated carbocycles. The average Bonchev–Trinajstić information content (AvgIpc) is 3.57. The third-order valence-electron chi connectivity index (χ3n) is 5.94. The Morgan fingerprint density at radius 1 is 1.05 bits per heavy atom. The number of ether oxygens (including phenoxy) is 2. The van der Waals surface area contributed by atoms with Crippen molar-refractivity contribution in [2.75, 3.05) is 0 Å². The molecule has 0 unspecified atom stereocenters. The zero-order valence-electron chi connectivity index (χ0n) is 21.3. The van der Waals surface area contributed by atoms with E-state index in [9.17, 15) is 9.59 Å². The SMILES string of the molecule is Cn1cc(-c2ccc(CN3Cc4cccc(OCc5ccn(C(=O)OC(C)(C)C)n5)c4C3=O)cc2)cn1. The lowest BCUT2D eigenvalue weighted by atomic mass is 10.1. The molecule has 190 valence electrons. The van der Waals surface area contributed by atoms with Crippen LogP contribution in [-0.2, 0) is 31.5 Å². The van der Waals surface area contributed by atoms with E-state index in [1.165, 1.54) is 6.20 Å². The van der Waals surface area contributed by atoms with E-state index in [1.54, 1.807) is 37.6 Å². The summed E-state index contributed by atoms with van der Waals surface area (Å²) in [4.78, 5) is 27.3. The van der Waals surface area contributed by atoms with Crippen molar-refractivity contribution in [1.82, 2.24) is 24.5 Å². The highest BCUT2D eigenvalue weighted by atomic mass is 16.6. The van der Waals surface area contributed by atoms with E-state index in [0.29, 0.717) is 30.1 Å². The molecule has 1 aliphatic heterocycles. The molecule has 0 N–H and O–H groups in total. The van der Waals surface area contributed by atoms with Crippen molar-refractivity contribution in [3.05, 3.63) is 89.5 Å². The Hall–Kier alpha value is -4.40. The Morgan fingerprint density at radius 2 is 1.84 bits per heavy atom. The maximum atomic E-state index is 13.3. The number of nitrogens with zero attached hydrogens (tertiary/aromatic N) is 5. The zero-order chi connectivity index (χ0) is 26.2. The van der Waals surface area contributed by atoms with E-state index in [1.807, 2.05) is 60.7 Å². The number of hydrogen-bond donors (Lipinski definition) is 0. The first-order chi connectivity index (χ1) is 17.7. The monoisotopic (exact) mass is 499 g/mol. The van der Waals surface area contributed by atoms with Crippen LogP contribution in [0, 0.1) is 0 Å². The Balaban J connectivity index is 1.24. The second kappa shape index (κ2) is 9.57.